The Balaban J connectivity index is 1.39. The number of aldehydes is 1. The van der Waals surface area contributed by atoms with Crippen LogP contribution in [0.4, 0.5) is 5.69 Å². The summed E-state index contributed by atoms with van der Waals surface area (Å²) in [7, 11) is 0. The van der Waals surface area contributed by atoms with Gasteiger partial charge in [0.2, 0.25) is 5.91 Å². The molecule has 1 amide bonds. The molecular formula is C27H28N2O2. The van der Waals surface area contributed by atoms with Gasteiger partial charge in [0.1, 0.15) is 6.29 Å². The first kappa shape index (κ1) is 20.9. The molecular weight excluding hydrogens is 384 g/mol. The lowest BCUT2D eigenvalue weighted by atomic mass is 9.93. The Morgan fingerprint density at radius 2 is 1.52 bits per heavy atom. The van der Waals surface area contributed by atoms with Crippen LogP contribution in [0.25, 0.3) is 0 Å². The smallest absolute Gasteiger partial charge is 0.223 e. The third kappa shape index (κ3) is 5.40. The molecule has 0 unspecified atom stereocenters. The van der Waals surface area contributed by atoms with E-state index in [2.05, 4.69) is 34.5 Å². The summed E-state index contributed by atoms with van der Waals surface area (Å²) in [4.78, 5) is 26.3. The zero-order valence-electron chi connectivity index (χ0n) is 17.6. The van der Waals surface area contributed by atoms with Gasteiger partial charge in [-0.2, -0.15) is 0 Å². The monoisotopic (exact) mass is 412 g/mol. The summed E-state index contributed by atoms with van der Waals surface area (Å²) < 4.78 is 0. The van der Waals surface area contributed by atoms with Crippen molar-refractivity contribution in [3.63, 3.8) is 0 Å². The SMILES string of the molecule is O=Cc1ccc(N2CCC(C(=O)N[C@@H](Cc3ccccc3)c3ccccc3)CC2)cc1. The van der Waals surface area contributed by atoms with Crippen molar-refractivity contribution in [1.29, 1.82) is 0 Å². The maximum absolute atomic E-state index is 13.1. The number of hydrogen-bond donors (Lipinski definition) is 1. The Labute approximate surface area is 183 Å². The molecule has 4 rings (SSSR count). The summed E-state index contributed by atoms with van der Waals surface area (Å²) in [5.41, 5.74) is 4.14. The summed E-state index contributed by atoms with van der Waals surface area (Å²) in [6, 6.07) is 28.1. The second-order valence-electron chi connectivity index (χ2n) is 8.13. The van der Waals surface area contributed by atoms with Crippen LogP contribution < -0.4 is 10.2 Å². The molecule has 1 aliphatic heterocycles. The first-order valence-corrected chi connectivity index (χ1v) is 10.9. The Morgan fingerprint density at radius 1 is 0.903 bits per heavy atom. The van der Waals surface area contributed by atoms with Gasteiger partial charge in [-0.15, -0.1) is 0 Å². The van der Waals surface area contributed by atoms with E-state index in [0.717, 1.165) is 49.9 Å². The highest BCUT2D eigenvalue weighted by Crippen LogP contribution is 2.25. The molecule has 0 radical (unpaired) electrons. The number of carbonyl (C=O) groups excluding carboxylic acids is 2. The minimum Gasteiger partial charge on any atom is -0.371 e. The van der Waals surface area contributed by atoms with Crippen LogP contribution in [0, 0.1) is 5.92 Å². The van der Waals surface area contributed by atoms with Gasteiger partial charge in [0.05, 0.1) is 6.04 Å². The standard InChI is InChI=1S/C27H28N2O2/c30-20-22-11-13-25(14-12-22)29-17-15-24(16-18-29)27(31)28-26(23-9-5-2-6-10-23)19-21-7-3-1-4-8-21/h1-14,20,24,26H,15-19H2,(H,28,31)/t26-/m0/s1. The largest absolute Gasteiger partial charge is 0.371 e. The fourth-order valence-corrected chi connectivity index (χ4v) is 4.24. The number of nitrogens with one attached hydrogen (secondary N) is 1. The maximum Gasteiger partial charge on any atom is 0.223 e. The van der Waals surface area contributed by atoms with Crippen molar-refractivity contribution >= 4 is 17.9 Å². The average Bonchev–Trinajstić information content (AvgIpc) is 2.85. The number of benzene rings is 3. The van der Waals surface area contributed by atoms with Gasteiger partial charge in [-0.3, -0.25) is 9.59 Å². The van der Waals surface area contributed by atoms with Crippen molar-refractivity contribution in [2.45, 2.75) is 25.3 Å². The van der Waals surface area contributed by atoms with E-state index in [-0.39, 0.29) is 17.9 Å². The lowest BCUT2D eigenvalue weighted by molar-refractivity contribution is -0.126. The van der Waals surface area contributed by atoms with Gasteiger partial charge >= 0.3 is 0 Å². The average molecular weight is 413 g/mol. The third-order valence-electron chi connectivity index (χ3n) is 6.06. The molecule has 1 aliphatic rings. The number of hydrogen-bond acceptors (Lipinski definition) is 3. The summed E-state index contributed by atoms with van der Waals surface area (Å²) >= 11 is 0. The predicted molar refractivity (Wildman–Crippen MR) is 124 cm³/mol. The van der Waals surface area contributed by atoms with E-state index >= 15 is 0 Å². The number of piperidine rings is 1. The minimum absolute atomic E-state index is 0.0208. The second-order valence-corrected chi connectivity index (χ2v) is 8.13. The minimum atomic E-state index is -0.0370. The van der Waals surface area contributed by atoms with Crippen LogP contribution >= 0.6 is 0 Å². The Bertz CT molecular complexity index is 979. The second kappa shape index (κ2) is 10.1. The predicted octanol–water partition coefficient (Wildman–Crippen LogP) is 4.82. The van der Waals surface area contributed by atoms with E-state index in [4.69, 9.17) is 0 Å². The number of amides is 1. The molecule has 1 atom stereocenters. The van der Waals surface area contributed by atoms with Crippen molar-refractivity contribution in [3.8, 4) is 0 Å². The maximum atomic E-state index is 13.1. The molecule has 4 heteroatoms. The molecule has 0 bridgehead atoms. The molecule has 3 aromatic carbocycles. The highest BCUT2D eigenvalue weighted by molar-refractivity contribution is 5.79. The van der Waals surface area contributed by atoms with Gasteiger partial charge in [-0.1, -0.05) is 60.7 Å². The molecule has 0 aliphatic carbocycles. The fraction of sp³-hybridized carbons (Fsp3) is 0.259. The van der Waals surface area contributed by atoms with Crippen molar-refractivity contribution in [2.24, 2.45) is 5.92 Å². The van der Waals surface area contributed by atoms with Crippen LogP contribution in [0.2, 0.25) is 0 Å². The van der Waals surface area contributed by atoms with E-state index in [1.165, 1.54) is 5.56 Å². The van der Waals surface area contributed by atoms with Crippen LogP contribution in [-0.4, -0.2) is 25.3 Å². The molecule has 1 fully saturated rings. The Hall–Kier alpha value is -3.40. The van der Waals surface area contributed by atoms with Crippen LogP contribution in [-0.2, 0) is 11.2 Å². The Morgan fingerprint density at radius 3 is 2.13 bits per heavy atom. The third-order valence-corrected chi connectivity index (χ3v) is 6.06. The van der Waals surface area contributed by atoms with Crippen LogP contribution in [0.15, 0.2) is 84.9 Å². The van der Waals surface area contributed by atoms with Gasteiger partial charge in [0, 0.05) is 30.3 Å². The van der Waals surface area contributed by atoms with Gasteiger partial charge in [0.25, 0.3) is 0 Å². The van der Waals surface area contributed by atoms with Crippen molar-refractivity contribution in [2.75, 3.05) is 18.0 Å². The van der Waals surface area contributed by atoms with Crippen LogP contribution in [0.1, 0.15) is 40.4 Å². The quantitative estimate of drug-likeness (QED) is 0.566. The van der Waals surface area contributed by atoms with E-state index in [9.17, 15) is 9.59 Å². The van der Waals surface area contributed by atoms with E-state index in [1.807, 2.05) is 60.7 Å². The topological polar surface area (TPSA) is 49.4 Å². The number of anilines is 1. The lowest BCUT2D eigenvalue weighted by Gasteiger charge is -2.34. The molecule has 1 saturated heterocycles. The molecule has 1 heterocycles. The first-order chi connectivity index (χ1) is 15.2. The molecule has 0 aromatic heterocycles. The van der Waals surface area contributed by atoms with Crippen molar-refractivity contribution in [3.05, 3.63) is 102 Å². The molecule has 4 nitrogen and oxygen atoms in total. The molecule has 31 heavy (non-hydrogen) atoms. The van der Waals surface area contributed by atoms with Gasteiger partial charge < -0.3 is 10.2 Å². The highest BCUT2D eigenvalue weighted by atomic mass is 16.2. The molecule has 1 N–H and O–H groups in total. The Kier molecular flexibility index (Phi) is 6.78. The number of nitrogens with zero attached hydrogens (tertiary/aromatic N) is 1. The molecule has 0 spiro atoms. The van der Waals surface area contributed by atoms with Crippen molar-refractivity contribution in [1.82, 2.24) is 5.32 Å². The van der Waals surface area contributed by atoms with Gasteiger partial charge in [-0.05, 0) is 54.7 Å². The molecule has 0 saturated carbocycles. The molecule has 158 valence electrons. The van der Waals surface area contributed by atoms with Gasteiger partial charge in [0.15, 0.2) is 0 Å². The van der Waals surface area contributed by atoms with Gasteiger partial charge in [-0.25, -0.2) is 0 Å². The number of carbonyl (C=O) groups is 2. The van der Waals surface area contributed by atoms with E-state index < -0.39 is 0 Å². The van der Waals surface area contributed by atoms with E-state index in [0.29, 0.717) is 5.56 Å². The summed E-state index contributed by atoms with van der Waals surface area (Å²) in [6.45, 7) is 1.68. The lowest BCUT2D eigenvalue weighted by Crippen LogP contribution is -2.42. The van der Waals surface area contributed by atoms with E-state index in [1.54, 1.807) is 0 Å². The zero-order chi connectivity index (χ0) is 21.5. The number of rotatable bonds is 7. The van der Waals surface area contributed by atoms with Crippen molar-refractivity contribution < 1.29 is 9.59 Å². The molecule has 3 aromatic rings. The normalized spacial score (nSPS) is 15.3. The zero-order valence-corrected chi connectivity index (χ0v) is 17.6. The van der Waals surface area contributed by atoms with Crippen LogP contribution in [0.5, 0.6) is 0 Å². The first-order valence-electron chi connectivity index (χ1n) is 10.9. The summed E-state index contributed by atoms with van der Waals surface area (Å²) in [5.74, 6) is 0.160. The highest BCUT2D eigenvalue weighted by Gasteiger charge is 2.27. The summed E-state index contributed by atoms with van der Waals surface area (Å²) in [6.07, 6.45) is 3.29. The fourth-order valence-electron chi connectivity index (χ4n) is 4.24. The van der Waals surface area contributed by atoms with Crippen LogP contribution in [0.3, 0.4) is 0 Å². The summed E-state index contributed by atoms with van der Waals surface area (Å²) in [5, 5.41) is 3.32.